The topological polar surface area (TPSA) is 63.3 Å². The quantitative estimate of drug-likeness (QED) is 0.634. The van der Waals surface area contributed by atoms with Gasteiger partial charge < -0.3 is 10.8 Å². The number of halogens is 1. The monoisotopic (exact) mass is 261 g/mol. The predicted molar refractivity (Wildman–Crippen MR) is 57.3 cm³/mol. The summed E-state index contributed by atoms with van der Waals surface area (Å²) < 4.78 is 0.822. The Balaban J connectivity index is 3.30. The van der Waals surface area contributed by atoms with E-state index < -0.39 is 5.97 Å². The second-order valence-corrected chi connectivity index (χ2v) is 4.08. The molecular weight excluding hydrogens is 254 g/mol. The Bertz CT molecular complexity index is 354. The maximum atomic E-state index is 10.7. The first kappa shape index (κ1) is 10.4. The number of carboxylic acid groups (broad SMARTS) is 1. The molecule has 1 aromatic rings. The first-order valence-corrected chi connectivity index (χ1v) is 5.44. The summed E-state index contributed by atoms with van der Waals surface area (Å²) in [5.74, 6) is -1.000. The summed E-state index contributed by atoms with van der Waals surface area (Å²) in [4.78, 5) is 11.6. The third-order valence-electron chi connectivity index (χ3n) is 1.55. The zero-order chi connectivity index (χ0) is 10.0. The summed E-state index contributed by atoms with van der Waals surface area (Å²) in [6.07, 6.45) is 1.88. The zero-order valence-corrected chi connectivity index (χ0v) is 9.28. The van der Waals surface area contributed by atoms with Crippen LogP contribution in [0.15, 0.2) is 21.5 Å². The maximum absolute atomic E-state index is 10.7. The van der Waals surface area contributed by atoms with Crippen LogP contribution in [0.4, 0.5) is 5.69 Å². The molecule has 3 nitrogen and oxygen atoms in total. The van der Waals surface area contributed by atoms with Crippen molar-refractivity contribution in [1.82, 2.24) is 0 Å². The van der Waals surface area contributed by atoms with E-state index >= 15 is 0 Å². The van der Waals surface area contributed by atoms with Crippen LogP contribution in [0.25, 0.3) is 0 Å². The van der Waals surface area contributed by atoms with Gasteiger partial charge in [0, 0.05) is 15.1 Å². The minimum atomic E-state index is -1.000. The number of nitrogens with two attached hydrogens (primary N) is 1. The van der Waals surface area contributed by atoms with Gasteiger partial charge >= 0.3 is 5.97 Å². The highest BCUT2D eigenvalue weighted by Gasteiger charge is 2.10. The van der Waals surface area contributed by atoms with Gasteiger partial charge in [-0.05, 0) is 34.3 Å². The number of rotatable bonds is 2. The molecule has 0 atom stereocenters. The zero-order valence-electron chi connectivity index (χ0n) is 6.87. The van der Waals surface area contributed by atoms with Gasteiger partial charge in [0.1, 0.15) is 0 Å². The summed E-state index contributed by atoms with van der Waals surface area (Å²) in [6, 6.07) is 3.17. The van der Waals surface area contributed by atoms with Crippen LogP contribution in [-0.4, -0.2) is 17.3 Å². The van der Waals surface area contributed by atoms with Gasteiger partial charge in [0.2, 0.25) is 0 Å². The Morgan fingerprint density at radius 1 is 1.62 bits per heavy atom. The van der Waals surface area contributed by atoms with Gasteiger partial charge in [-0.1, -0.05) is 0 Å². The minimum Gasteiger partial charge on any atom is -0.478 e. The van der Waals surface area contributed by atoms with Gasteiger partial charge in [-0.25, -0.2) is 4.79 Å². The fraction of sp³-hybridized carbons (Fsp3) is 0.125. The number of carbonyl (C=O) groups is 1. The molecule has 0 amide bonds. The fourth-order valence-corrected chi connectivity index (χ4v) is 2.25. The van der Waals surface area contributed by atoms with E-state index in [-0.39, 0.29) is 11.3 Å². The largest absolute Gasteiger partial charge is 0.478 e. The Kier molecular flexibility index (Phi) is 3.22. The van der Waals surface area contributed by atoms with E-state index in [0.29, 0.717) is 0 Å². The number of anilines is 1. The number of thioether (sulfide) groups is 1. The third kappa shape index (κ3) is 2.16. The molecule has 0 aromatic heterocycles. The first-order valence-electron chi connectivity index (χ1n) is 3.42. The van der Waals surface area contributed by atoms with Crippen LogP contribution in [0.5, 0.6) is 0 Å². The molecule has 0 spiro atoms. The standard InChI is InChI=1S/C8H8BrNO2S/c1-13-7-2-4(8(11)12)6(10)3-5(7)9/h2-3H,10H2,1H3,(H,11,12). The molecule has 0 radical (unpaired) electrons. The molecule has 0 bridgehead atoms. The molecule has 0 aliphatic heterocycles. The van der Waals surface area contributed by atoms with Crippen LogP contribution < -0.4 is 5.73 Å². The Morgan fingerprint density at radius 3 is 2.69 bits per heavy atom. The van der Waals surface area contributed by atoms with Gasteiger partial charge in [0.25, 0.3) is 0 Å². The van der Waals surface area contributed by atoms with E-state index in [1.54, 1.807) is 12.1 Å². The number of benzene rings is 1. The molecule has 1 aromatic carbocycles. The van der Waals surface area contributed by atoms with Crippen molar-refractivity contribution in [3.63, 3.8) is 0 Å². The molecule has 13 heavy (non-hydrogen) atoms. The van der Waals surface area contributed by atoms with Crippen molar-refractivity contribution < 1.29 is 9.90 Å². The van der Waals surface area contributed by atoms with E-state index in [2.05, 4.69) is 15.9 Å². The molecule has 0 aliphatic rings. The molecule has 0 heterocycles. The fourth-order valence-electron chi connectivity index (χ4n) is 0.910. The SMILES string of the molecule is CSc1cc(C(=O)O)c(N)cc1Br. The summed E-state index contributed by atoms with van der Waals surface area (Å²) in [7, 11) is 0. The van der Waals surface area contributed by atoms with Crippen molar-refractivity contribution in [3.05, 3.63) is 22.2 Å². The summed E-state index contributed by atoms with van der Waals surface area (Å²) in [6.45, 7) is 0. The van der Waals surface area contributed by atoms with Gasteiger partial charge in [-0.3, -0.25) is 0 Å². The molecule has 0 saturated heterocycles. The van der Waals surface area contributed by atoms with Crippen molar-refractivity contribution >= 4 is 39.3 Å². The van der Waals surface area contributed by atoms with Crippen LogP contribution in [0.1, 0.15) is 10.4 Å². The van der Waals surface area contributed by atoms with E-state index in [1.165, 1.54) is 11.8 Å². The summed E-state index contributed by atoms with van der Waals surface area (Å²) in [5, 5.41) is 8.77. The van der Waals surface area contributed by atoms with Crippen LogP contribution in [0.3, 0.4) is 0 Å². The van der Waals surface area contributed by atoms with Gasteiger partial charge in [-0.15, -0.1) is 11.8 Å². The van der Waals surface area contributed by atoms with Crippen LogP contribution >= 0.6 is 27.7 Å². The third-order valence-corrected chi connectivity index (χ3v) is 3.25. The molecule has 0 saturated carbocycles. The highest BCUT2D eigenvalue weighted by Crippen LogP contribution is 2.30. The molecule has 0 aliphatic carbocycles. The highest BCUT2D eigenvalue weighted by atomic mass is 79.9. The van der Waals surface area contributed by atoms with E-state index in [1.807, 2.05) is 6.26 Å². The van der Waals surface area contributed by atoms with E-state index in [0.717, 1.165) is 9.37 Å². The smallest absolute Gasteiger partial charge is 0.337 e. The Hall–Kier alpha value is -0.680. The average Bonchev–Trinajstić information content (AvgIpc) is 2.03. The van der Waals surface area contributed by atoms with Crippen molar-refractivity contribution in [3.8, 4) is 0 Å². The normalized spacial score (nSPS) is 10.0. The second-order valence-electron chi connectivity index (χ2n) is 2.38. The van der Waals surface area contributed by atoms with E-state index in [9.17, 15) is 4.79 Å². The highest BCUT2D eigenvalue weighted by molar-refractivity contribution is 9.10. The molecule has 5 heteroatoms. The number of carboxylic acids is 1. The number of hydrogen-bond acceptors (Lipinski definition) is 3. The lowest BCUT2D eigenvalue weighted by Gasteiger charge is -2.05. The molecule has 3 N–H and O–H groups in total. The van der Waals surface area contributed by atoms with Crippen LogP contribution in [0, 0.1) is 0 Å². The molecular formula is C8H8BrNO2S. The van der Waals surface area contributed by atoms with Crippen LogP contribution in [-0.2, 0) is 0 Å². The lowest BCUT2D eigenvalue weighted by molar-refractivity contribution is 0.0698. The van der Waals surface area contributed by atoms with Gasteiger partial charge in [0.05, 0.1) is 5.56 Å². The number of nitrogen functional groups attached to an aromatic ring is 1. The maximum Gasteiger partial charge on any atom is 0.337 e. The lowest BCUT2D eigenvalue weighted by Crippen LogP contribution is -2.02. The van der Waals surface area contributed by atoms with Crippen molar-refractivity contribution in [2.75, 3.05) is 12.0 Å². The lowest BCUT2D eigenvalue weighted by atomic mass is 10.2. The molecule has 0 unspecified atom stereocenters. The van der Waals surface area contributed by atoms with Gasteiger partial charge in [-0.2, -0.15) is 0 Å². The van der Waals surface area contributed by atoms with Crippen molar-refractivity contribution in [1.29, 1.82) is 0 Å². The van der Waals surface area contributed by atoms with Crippen molar-refractivity contribution in [2.45, 2.75) is 4.90 Å². The minimum absolute atomic E-state index is 0.146. The Morgan fingerprint density at radius 2 is 2.23 bits per heavy atom. The Labute approximate surface area is 88.4 Å². The molecule has 1 rings (SSSR count). The van der Waals surface area contributed by atoms with Crippen LogP contribution in [0.2, 0.25) is 0 Å². The number of aromatic carboxylic acids is 1. The van der Waals surface area contributed by atoms with E-state index in [4.69, 9.17) is 10.8 Å². The first-order chi connectivity index (χ1) is 6.06. The van der Waals surface area contributed by atoms with Crippen molar-refractivity contribution in [2.24, 2.45) is 0 Å². The average molecular weight is 262 g/mol. The summed E-state index contributed by atoms with van der Waals surface area (Å²) >= 11 is 4.77. The molecule has 0 fully saturated rings. The summed E-state index contributed by atoms with van der Waals surface area (Å²) in [5.41, 5.74) is 5.95. The van der Waals surface area contributed by atoms with Gasteiger partial charge in [0.15, 0.2) is 0 Å². The number of hydrogen-bond donors (Lipinski definition) is 2. The predicted octanol–water partition coefficient (Wildman–Crippen LogP) is 2.45. The second kappa shape index (κ2) is 4.02. The molecule has 70 valence electrons.